The van der Waals surface area contributed by atoms with E-state index < -0.39 is 0 Å². The molecule has 4 nitrogen and oxygen atoms in total. The van der Waals surface area contributed by atoms with E-state index in [-0.39, 0.29) is 18.2 Å². The number of rotatable bonds is 1. The fourth-order valence-corrected chi connectivity index (χ4v) is 3.71. The van der Waals surface area contributed by atoms with Crippen LogP contribution in [0.1, 0.15) is 6.42 Å². The average Bonchev–Trinajstić information content (AvgIpc) is 3.09. The first-order valence-electron chi connectivity index (χ1n) is 6.98. The molecule has 1 fully saturated rings. The molecule has 2 aliphatic rings. The monoisotopic (exact) mass is 307 g/mol. The second-order valence-electron chi connectivity index (χ2n) is 5.12. The van der Waals surface area contributed by atoms with E-state index in [1.807, 2.05) is 54.6 Å². The first-order valence-corrected chi connectivity index (χ1v) is 7.79. The van der Waals surface area contributed by atoms with Gasteiger partial charge in [0.1, 0.15) is 5.84 Å². The number of amides is 1. The molecule has 2 heterocycles. The molecule has 1 saturated heterocycles. The molecule has 1 amide bonds. The van der Waals surface area contributed by atoms with Crippen molar-refractivity contribution in [2.24, 2.45) is 0 Å². The van der Waals surface area contributed by atoms with Gasteiger partial charge in [0.2, 0.25) is 5.91 Å². The summed E-state index contributed by atoms with van der Waals surface area (Å²) >= 11 is 1.59. The van der Waals surface area contributed by atoms with Crippen LogP contribution in [0.2, 0.25) is 0 Å². The summed E-state index contributed by atoms with van der Waals surface area (Å²) < 4.78 is 0. The Bertz CT molecular complexity index is 787. The molecule has 108 valence electrons. The Morgan fingerprint density at radius 2 is 1.77 bits per heavy atom. The van der Waals surface area contributed by atoms with E-state index >= 15 is 0 Å². The normalized spacial score (nSPS) is 20.3. The minimum atomic E-state index is -0.0583. The van der Waals surface area contributed by atoms with Gasteiger partial charge in [-0.1, -0.05) is 42.1 Å². The Balaban J connectivity index is 1.70. The number of nitrogens with one attached hydrogen (secondary N) is 2. The lowest BCUT2D eigenvalue weighted by molar-refractivity contribution is -0.116. The summed E-state index contributed by atoms with van der Waals surface area (Å²) in [6.07, 6.45) is 0.261. The molecular formula is C17H13N3OS. The molecule has 0 aliphatic carbocycles. The quantitative estimate of drug-likeness (QED) is 0.842. The molecule has 0 radical (unpaired) electrons. The number of anilines is 2. The van der Waals surface area contributed by atoms with Crippen LogP contribution in [-0.4, -0.2) is 11.7 Å². The zero-order chi connectivity index (χ0) is 15.1. The number of hydrogen-bond donors (Lipinski definition) is 2. The van der Waals surface area contributed by atoms with Gasteiger partial charge in [0.15, 0.2) is 0 Å². The van der Waals surface area contributed by atoms with Crippen molar-refractivity contribution in [2.75, 3.05) is 10.2 Å². The third-order valence-electron chi connectivity index (χ3n) is 3.72. The summed E-state index contributed by atoms with van der Waals surface area (Å²) in [5, 5.41) is 12.6. The number of carbonyl (C=O) groups excluding carboxylic acids is 1. The summed E-state index contributed by atoms with van der Waals surface area (Å²) in [5.74, 6) is 0.205. The van der Waals surface area contributed by atoms with Gasteiger partial charge in [-0.3, -0.25) is 15.1 Å². The largest absolute Gasteiger partial charge is 0.349 e. The number of carbonyl (C=O) groups is 1. The van der Waals surface area contributed by atoms with Crippen molar-refractivity contribution < 1.29 is 4.79 Å². The van der Waals surface area contributed by atoms with Gasteiger partial charge >= 0.3 is 0 Å². The van der Waals surface area contributed by atoms with E-state index in [4.69, 9.17) is 5.41 Å². The topological polar surface area (TPSA) is 56.2 Å². The van der Waals surface area contributed by atoms with Gasteiger partial charge in [0.05, 0.1) is 22.8 Å². The highest BCUT2D eigenvalue weighted by atomic mass is 32.2. The first-order chi connectivity index (χ1) is 10.7. The minimum absolute atomic E-state index is 0.0583. The Hall–Kier alpha value is -2.53. The molecule has 0 saturated carbocycles. The Labute approximate surface area is 132 Å². The molecule has 22 heavy (non-hydrogen) atoms. The molecule has 4 rings (SSSR count). The summed E-state index contributed by atoms with van der Waals surface area (Å²) in [5.41, 5.74) is 2.54. The Morgan fingerprint density at radius 1 is 1.05 bits per heavy atom. The third kappa shape index (κ3) is 2.02. The van der Waals surface area contributed by atoms with Crippen LogP contribution in [0.25, 0.3) is 0 Å². The molecule has 2 aromatic carbocycles. The molecule has 0 atom stereocenters. The SMILES string of the molecule is N=C1/C(=C2\Nc3ccccc3S2)CC(=O)N1c1ccccc1. The lowest BCUT2D eigenvalue weighted by Crippen LogP contribution is -2.28. The number of benzene rings is 2. The predicted molar refractivity (Wildman–Crippen MR) is 89.2 cm³/mol. The van der Waals surface area contributed by atoms with E-state index in [0.717, 1.165) is 26.9 Å². The number of fused-ring (bicyclic) bond motifs is 1. The molecule has 2 aliphatic heterocycles. The van der Waals surface area contributed by atoms with E-state index in [2.05, 4.69) is 5.32 Å². The van der Waals surface area contributed by atoms with Crippen LogP contribution in [0.5, 0.6) is 0 Å². The summed E-state index contributed by atoms with van der Waals surface area (Å²) in [7, 11) is 0. The molecule has 0 spiro atoms. The van der Waals surface area contributed by atoms with E-state index in [0.29, 0.717) is 0 Å². The zero-order valence-corrected chi connectivity index (χ0v) is 12.5. The van der Waals surface area contributed by atoms with Crippen LogP contribution in [0.15, 0.2) is 70.1 Å². The van der Waals surface area contributed by atoms with E-state index in [9.17, 15) is 4.79 Å². The number of thioether (sulfide) groups is 1. The van der Waals surface area contributed by atoms with Crippen LogP contribution in [-0.2, 0) is 4.79 Å². The van der Waals surface area contributed by atoms with Crippen molar-refractivity contribution in [3.05, 3.63) is 65.2 Å². The van der Waals surface area contributed by atoms with Gasteiger partial charge in [0, 0.05) is 10.5 Å². The van der Waals surface area contributed by atoms with Crippen molar-refractivity contribution in [3.8, 4) is 0 Å². The van der Waals surface area contributed by atoms with Crippen molar-refractivity contribution in [1.82, 2.24) is 0 Å². The molecule has 2 N–H and O–H groups in total. The van der Waals surface area contributed by atoms with Gasteiger partial charge in [-0.05, 0) is 24.3 Å². The van der Waals surface area contributed by atoms with Crippen LogP contribution in [0.4, 0.5) is 11.4 Å². The van der Waals surface area contributed by atoms with E-state index in [1.165, 1.54) is 4.90 Å². The van der Waals surface area contributed by atoms with Gasteiger partial charge < -0.3 is 5.32 Å². The maximum absolute atomic E-state index is 12.3. The number of nitrogens with zero attached hydrogens (tertiary/aromatic N) is 1. The molecule has 0 aromatic heterocycles. The van der Waals surface area contributed by atoms with Crippen molar-refractivity contribution in [2.45, 2.75) is 11.3 Å². The molecule has 5 heteroatoms. The molecular weight excluding hydrogens is 294 g/mol. The summed E-state index contributed by atoms with van der Waals surface area (Å²) in [6.45, 7) is 0. The third-order valence-corrected chi connectivity index (χ3v) is 4.85. The minimum Gasteiger partial charge on any atom is -0.349 e. The highest BCUT2D eigenvalue weighted by molar-refractivity contribution is 8.03. The number of hydrogen-bond acceptors (Lipinski definition) is 4. The lowest BCUT2D eigenvalue weighted by atomic mass is 10.2. The molecule has 0 unspecified atom stereocenters. The van der Waals surface area contributed by atoms with Crippen LogP contribution in [0.3, 0.4) is 0 Å². The number of amidine groups is 1. The van der Waals surface area contributed by atoms with Crippen LogP contribution in [0, 0.1) is 5.41 Å². The maximum Gasteiger partial charge on any atom is 0.237 e. The summed E-state index contributed by atoms with van der Waals surface area (Å²) in [4.78, 5) is 14.9. The highest BCUT2D eigenvalue weighted by Crippen LogP contribution is 2.44. The van der Waals surface area contributed by atoms with Crippen molar-refractivity contribution in [3.63, 3.8) is 0 Å². The van der Waals surface area contributed by atoms with Crippen molar-refractivity contribution in [1.29, 1.82) is 5.41 Å². The molecule has 0 bridgehead atoms. The van der Waals surface area contributed by atoms with E-state index in [1.54, 1.807) is 11.8 Å². The maximum atomic E-state index is 12.3. The summed E-state index contributed by atoms with van der Waals surface area (Å²) in [6, 6.07) is 17.4. The Kier molecular flexibility index (Phi) is 3.01. The zero-order valence-electron chi connectivity index (χ0n) is 11.7. The van der Waals surface area contributed by atoms with Gasteiger partial charge in [-0.25, -0.2) is 0 Å². The lowest BCUT2D eigenvalue weighted by Gasteiger charge is -2.15. The van der Waals surface area contributed by atoms with Crippen LogP contribution >= 0.6 is 11.8 Å². The second kappa shape index (κ2) is 5.03. The smallest absolute Gasteiger partial charge is 0.237 e. The van der Waals surface area contributed by atoms with Gasteiger partial charge in [-0.2, -0.15) is 0 Å². The fraction of sp³-hybridized carbons (Fsp3) is 0.0588. The standard InChI is InChI=1S/C17H13N3OS/c18-16-12(17-19-13-8-4-5-9-14(13)22-17)10-15(21)20(16)11-6-2-1-3-7-11/h1-9,18-19H,10H2/b17-12+,18-16?. The van der Waals surface area contributed by atoms with Gasteiger partial charge in [0.25, 0.3) is 0 Å². The predicted octanol–water partition coefficient (Wildman–Crippen LogP) is 3.83. The van der Waals surface area contributed by atoms with Gasteiger partial charge in [-0.15, -0.1) is 0 Å². The number of para-hydroxylation sites is 2. The average molecular weight is 307 g/mol. The van der Waals surface area contributed by atoms with Crippen molar-refractivity contribution >= 4 is 34.9 Å². The fourth-order valence-electron chi connectivity index (χ4n) is 2.67. The highest BCUT2D eigenvalue weighted by Gasteiger charge is 2.35. The second-order valence-corrected chi connectivity index (χ2v) is 6.17. The molecule has 2 aromatic rings. The first kappa shape index (κ1) is 13.2. The van der Waals surface area contributed by atoms with Crippen LogP contribution < -0.4 is 10.2 Å². The Morgan fingerprint density at radius 3 is 2.55 bits per heavy atom.